The van der Waals surface area contributed by atoms with Crippen LogP contribution in [0.25, 0.3) is 10.9 Å². The number of piperidine rings is 1. The van der Waals surface area contributed by atoms with Gasteiger partial charge < -0.3 is 10.8 Å². The molecule has 2 aromatic carbocycles. The van der Waals surface area contributed by atoms with Crippen LogP contribution in [0.2, 0.25) is 0 Å². The molecule has 3 aromatic rings. The van der Waals surface area contributed by atoms with Gasteiger partial charge in [0.2, 0.25) is 0 Å². The van der Waals surface area contributed by atoms with Gasteiger partial charge in [0.05, 0.1) is 11.1 Å². The Labute approximate surface area is 159 Å². The lowest BCUT2D eigenvalue weighted by molar-refractivity contribution is -0.0913. The van der Waals surface area contributed by atoms with Crippen molar-refractivity contribution >= 4 is 16.6 Å². The van der Waals surface area contributed by atoms with Crippen LogP contribution in [0, 0.1) is 11.8 Å². The number of aromatic nitrogens is 1. The van der Waals surface area contributed by atoms with Crippen molar-refractivity contribution in [2.24, 2.45) is 11.8 Å². The summed E-state index contributed by atoms with van der Waals surface area (Å²) in [6.45, 7) is 2.74. The highest BCUT2D eigenvalue weighted by Crippen LogP contribution is 2.51. The Hall–Kier alpha value is -2.43. The normalized spacial score (nSPS) is 27.9. The SMILES string of the molecule is Nc1cccc(C2(O)C3CCC2CN(Cc2ccnc4ccccc24)C3)c1. The van der Waals surface area contributed by atoms with Crippen molar-refractivity contribution < 1.29 is 5.11 Å². The molecular formula is C23H25N3O. The molecule has 3 N–H and O–H groups in total. The van der Waals surface area contributed by atoms with Crippen molar-refractivity contribution in [3.8, 4) is 0 Å². The van der Waals surface area contributed by atoms with E-state index in [1.165, 1.54) is 10.9 Å². The average Bonchev–Trinajstić information content (AvgIpc) is 2.86. The van der Waals surface area contributed by atoms with Gasteiger partial charge >= 0.3 is 0 Å². The maximum absolute atomic E-state index is 11.6. The Morgan fingerprint density at radius 2 is 1.81 bits per heavy atom. The molecule has 0 spiro atoms. The zero-order valence-electron chi connectivity index (χ0n) is 15.4. The summed E-state index contributed by atoms with van der Waals surface area (Å²) in [5, 5.41) is 12.9. The highest BCUT2D eigenvalue weighted by Gasteiger charge is 2.53. The molecule has 4 nitrogen and oxygen atoms in total. The topological polar surface area (TPSA) is 62.4 Å². The average molecular weight is 359 g/mol. The summed E-state index contributed by atoms with van der Waals surface area (Å²) in [4.78, 5) is 6.98. The minimum absolute atomic E-state index is 0.256. The first-order valence-electron chi connectivity index (χ1n) is 9.78. The number of nitrogens with two attached hydrogens (primary N) is 1. The van der Waals surface area contributed by atoms with E-state index in [0.717, 1.165) is 49.2 Å². The summed E-state index contributed by atoms with van der Waals surface area (Å²) in [5.74, 6) is 0.511. The second-order valence-corrected chi connectivity index (χ2v) is 8.10. The van der Waals surface area contributed by atoms with Crippen LogP contribution < -0.4 is 5.73 Å². The van der Waals surface area contributed by atoms with Gasteiger partial charge in [0.1, 0.15) is 0 Å². The molecule has 2 unspecified atom stereocenters. The zero-order valence-corrected chi connectivity index (χ0v) is 15.4. The summed E-state index contributed by atoms with van der Waals surface area (Å²) in [6, 6.07) is 18.3. The molecule has 1 saturated heterocycles. The number of hydrogen-bond acceptors (Lipinski definition) is 4. The number of nitrogens with zero attached hydrogens (tertiary/aromatic N) is 2. The number of anilines is 1. The molecule has 1 aliphatic carbocycles. The first-order chi connectivity index (χ1) is 13.1. The number of benzene rings is 2. The number of fused-ring (bicyclic) bond motifs is 3. The van der Waals surface area contributed by atoms with E-state index in [9.17, 15) is 5.11 Å². The van der Waals surface area contributed by atoms with Crippen LogP contribution >= 0.6 is 0 Å². The van der Waals surface area contributed by atoms with E-state index in [1.54, 1.807) is 0 Å². The molecule has 2 heterocycles. The maximum atomic E-state index is 11.6. The van der Waals surface area contributed by atoms with E-state index in [-0.39, 0.29) is 11.8 Å². The van der Waals surface area contributed by atoms with E-state index < -0.39 is 5.60 Å². The monoisotopic (exact) mass is 359 g/mol. The number of nitrogen functional groups attached to an aromatic ring is 1. The lowest BCUT2D eigenvalue weighted by Gasteiger charge is -2.45. The minimum atomic E-state index is -0.744. The van der Waals surface area contributed by atoms with Gasteiger partial charge in [0, 0.05) is 48.7 Å². The molecule has 2 atom stereocenters. The maximum Gasteiger partial charge on any atom is 0.0977 e. The number of aliphatic hydroxyl groups is 1. The van der Waals surface area contributed by atoms with Gasteiger partial charge in [-0.05, 0) is 48.2 Å². The molecule has 2 fully saturated rings. The van der Waals surface area contributed by atoms with Crippen molar-refractivity contribution in [3.63, 3.8) is 0 Å². The van der Waals surface area contributed by atoms with E-state index in [4.69, 9.17) is 5.73 Å². The van der Waals surface area contributed by atoms with Crippen LogP contribution in [0.3, 0.4) is 0 Å². The second-order valence-electron chi connectivity index (χ2n) is 8.10. The predicted octanol–water partition coefficient (Wildman–Crippen LogP) is 3.55. The number of para-hydroxylation sites is 1. The molecule has 1 aliphatic heterocycles. The summed E-state index contributed by atoms with van der Waals surface area (Å²) in [6.07, 6.45) is 4.05. The Bertz CT molecular complexity index is 967. The highest BCUT2D eigenvalue weighted by atomic mass is 16.3. The fourth-order valence-corrected chi connectivity index (χ4v) is 5.26. The van der Waals surface area contributed by atoms with Crippen molar-refractivity contribution in [1.29, 1.82) is 0 Å². The standard InChI is InChI=1S/C23H25N3O/c24-20-5-3-4-17(12-20)23(27)18-8-9-19(23)15-26(14-18)13-16-10-11-25-22-7-2-1-6-21(16)22/h1-7,10-12,18-19,27H,8-9,13-15,24H2. The second kappa shape index (κ2) is 6.32. The Morgan fingerprint density at radius 3 is 2.59 bits per heavy atom. The first kappa shape index (κ1) is 16.7. The minimum Gasteiger partial charge on any atom is -0.399 e. The van der Waals surface area contributed by atoms with Crippen molar-refractivity contribution in [2.45, 2.75) is 25.0 Å². The molecule has 2 bridgehead atoms. The molecule has 1 aromatic heterocycles. The Kier molecular flexibility index (Phi) is 3.92. The number of hydrogen-bond donors (Lipinski definition) is 2. The van der Waals surface area contributed by atoms with E-state index >= 15 is 0 Å². The van der Waals surface area contributed by atoms with Crippen LogP contribution in [-0.2, 0) is 12.1 Å². The van der Waals surface area contributed by atoms with Gasteiger partial charge in [-0.15, -0.1) is 0 Å². The molecule has 2 aliphatic rings. The van der Waals surface area contributed by atoms with Gasteiger partial charge in [-0.2, -0.15) is 0 Å². The number of likely N-dealkylation sites (tertiary alicyclic amines) is 1. The number of rotatable bonds is 3. The van der Waals surface area contributed by atoms with Gasteiger partial charge in [0.15, 0.2) is 0 Å². The molecule has 27 heavy (non-hydrogen) atoms. The summed E-state index contributed by atoms with van der Waals surface area (Å²) in [7, 11) is 0. The molecule has 138 valence electrons. The van der Waals surface area contributed by atoms with Crippen molar-refractivity contribution in [1.82, 2.24) is 9.88 Å². The van der Waals surface area contributed by atoms with Crippen LogP contribution in [0.15, 0.2) is 60.8 Å². The smallest absolute Gasteiger partial charge is 0.0977 e. The van der Waals surface area contributed by atoms with Crippen molar-refractivity contribution in [2.75, 3.05) is 18.8 Å². The van der Waals surface area contributed by atoms with Gasteiger partial charge in [-0.25, -0.2) is 0 Å². The first-order valence-corrected chi connectivity index (χ1v) is 9.78. The molecule has 1 saturated carbocycles. The predicted molar refractivity (Wildman–Crippen MR) is 108 cm³/mol. The lowest BCUT2D eigenvalue weighted by Crippen LogP contribution is -2.51. The highest BCUT2D eigenvalue weighted by molar-refractivity contribution is 5.81. The Balaban J connectivity index is 1.42. The van der Waals surface area contributed by atoms with Crippen molar-refractivity contribution in [3.05, 3.63) is 71.9 Å². The van der Waals surface area contributed by atoms with E-state index in [1.807, 2.05) is 36.5 Å². The molecule has 0 amide bonds. The van der Waals surface area contributed by atoms with E-state index in [0.29, 0.717) is 0 Å². The third kappa shape index (κ3) is 2.71. The fraction of sp³-hybridized carbons (Fsp3) is 0.348. The molecule has 5 rings (SSSR count). The van der Waals surface area contributed by atoms with Gasteiger partial charge in [-0.1, -0.05) is 30.3 Å². The van der Waals surface area contributed by atoms with Gasteiger partial charge in [0.25, 0.3) is 0 Å². The fourth-order valence-electron chi connectivity index (χ4n) is 5.26. The Morgan fingerprint density at radius 1 is 1.04 bits per heavy atom. The zero-order chi connectivity index (χ0) is 18.4. The summed E-state index contributed by atoms with van der Waals surface area (Å²) in [5.41, 5.74) is 9.33. The third-order valence-electron chi connectivity index (χ3n) is 6.55. The van der Waals surface area contributed by atoms with E-state index in [2.05, 4.69) is 34.1 Å². The van der Waals surface area contributed by atoms with Gasteiger partial charge in [-0.3, -0.25) is 9.88 Å². The molecule has 0 radical (unpaired) electrons. The molecule has 4 heteroatoms. The van der Waals surface area contributed by atoms with Crippen LogP contribution in [-0.4, -0.2) is 28.1 Å². The number of pyridine rings is 1. The quantitative estimate of drug-likeness (QED) is 0.702. The third-order valence-corrected chi connectivity index (χ3v) is 6.55. The molecular weight excluding hydrogens is 334 g/mol. The van der Waals surface area contributed by atoms with Crippen LogP contribution in [0.4, 0.5) is 5.69 Å². The van der Waals surface area contributed by atoms with Crippen LogP contribution in [0.5, 0.6) is 0 Å². The lowest BCUT2D eigenvalue weighted by atomic mass is 9.75. The largest absolute Gasteiger partial charge is 0.399 e. The summed E-state index contributed by atoms with van der Waals surface area (Å²) < 4.78 is 0. The van der Waals surface area contributed by atoms with Crippen LogP contribution in [0.1, 0.15) is 24.0 Å². The summed E-state index contributed by atoms with van der Waals surface area (Å²) >= 11 is 0.